The molecular weight excluding hydrogens is 286 g/mol. The number of pyridine rings is 1. The van der Waals surface area contributed by atoms with Crippen LogP contribution in [-0.2, 0) is 0 Å². The number of rotatable bonds is 4. The fraction of sp³-hybridized carbons (Fsp3) is 0.688. The molecule has 21 heavy (non-hydrogen) atoms. The van der Waals surface area contributed by atoms with Crippen LogP contribution in [0.4, 0.5) is 5.69 Å². The predicted octanol–water partition coefficient (Wildman–Crippen LogP) is 2.97. The second kappa shape index (κ2) is 7.85. The first kappa shape index (κ1) is 16.4. The van der Waals surface area contributed by atoms with E-state index in [4.69, 9.17) is 4.74 Å². The Balaban J connectivity index is 0.00000161. The summed E-state index contributed by atoms with van der Waals surface area (Å²) in [5, 5.41) is 0. The maximum absolute atomic E-state index is 5.96. The van der Waals surface area contributed by atoms with E-state index in [0.29, 0.717) is 6.04 Å². The average molecular weight is 312 g/mol. The van der Waals surface area contributed by atoms with Crippen LogP contribution < -0.4 is 9.64 Å². The van der Waals surface area contributed by atoms with Crippen LogP contribution >= 0.6 is 12.4 Å². The van der Waals surface area contributed by atoms with Gasteiger partial charge in [-0.05, 0) is 45.7 Å². The second-order valence-electron chi connectivity index (χ2n) is 6.01. The Morgan fingerprint density at radius 3 is 2.67 bits per heavy atom. The van der Waals surface area contributed by atoms with E-state index in [1.807, 2.05) is 12.4 Å². The van der Waals surface area contributed by atoms with Gasteiger partial charge in [0.15, 0.2) is 0 Å². The Bertz CT molecular complexity index is 437. The van der Waals surface area contributed by atoms with E-state index in [-0.39, 0.29) is 12.4 Å². The van der Waals surface area contributed by atoms with Gasteiger partial charge in [-0.25, -0.2) is 0 Å². The molecule has 2 aliphatic rings. The number of anilines is 1. The Morgan fingerprint density at radius 1 is 1.14 bits per heavy atom. The first-order chi connectivity index (χ1) is 9.83. The van der Waals surface area contributed by atoms with Crippen molar-refractivity contribution in [3.63, 3.8) is 0 Å². The zero-order valence-electron chi connectivity index (χ0n) is 12.8. The molecule has 1 aromatic heterocycles. The van der Waals surface area contributed by atoms with Crippen molar-refractivity contribution in [3.05, 3.63) is 18.5 Å². The molecule has 0 N–H and O–H groups in total. The van der Waals surface area contributed by atoms with Crippen LogP contribution in [0.5, 0.6) is 5.75 Å². The van der Waals surface area contributed by atoms with Crippen LogP contribution in [-0.4, -0.2) is 49.2 Å². The van der Waals surface area contributed by atoms with Gasteiger partial charge >= 0.3 is 0 Å². The Kier molecular flexibility index (Phi) is 6.12. The first-order valence-electron chi connectivity index (χ1n) is 7.86. The zero-order valence-corrected chi connectivity index (χ0v) is 13.6. The Morgan fingerprint density at radius 2 is 1.95 bits per heavy atom. The number of hydrogen-bond donors (Lipinski definition) is 0. The number of likely N-dealkylation sites (tertiary alicyclic amines) is 1. The smallest absolute Gasteiger partial charge is 0.139 e. The van der Waals surface area contributed by atoms with Crippen molar-refractivity contribution in [3.8, 4) is 5.75 Å². The van der Waals surface area contributed by atoms with Gasteiger partial charge in [-0.15, -0.1) is 12.4 Å². The fourth-order valence-corrected chi connectivity index (χ4v) is 3.19. The topological polar surface area (TPSA) is 28.6 Å². The molecule has 4 nitrogen and oxygen atoms in total. The Hall–Kier alpha value is -1.00. The van der Waals surface area contributed by atoms with Crippen LogP contribution in [0.15, 0.2) is 18.5 Å². The number of aromatic nitrogens is 1. The highest BCUT2D eigenvalue weighted by Crippen LogP contribution is 2.24. The number of halogens is 1. The molecule has 1 atom stereocenters. The van der Waals surface area contributed by atoms with Crippen molar-refractivity contribution < 1.29 is 4.74 Å². The molecule has 0 aliphatic carbocycles. The van der Waals surface area contributed by atoms with Gasteiger partial charge in [0.1, 0.15) is 12.4 Å². The van der Waals surface area contributed by atoms with E-state index in [0.717, 1.165) is 25.4 Å². The van der Waals surface area contributed by atoms with Gasteiger partial charge in [0.25, 0.3) is 0 Å². The van der Waals surface area contributed by atoms with Crippen molar-refractivity contribution >= 4 is 18.1 Å². The molecule has 0 saturated carbocycles. The second-order valence-corrected chi connectivity index (χ2v) is 6.01. The van der Waals surface area contributed by atoms with E-state index in [1.165, 1.54) is 44.3 Å². The molecule has 2 saturated heterocycles. The van der Waals surface area contributed by atoms with Crippen molar-refractivity contribution in [2.75, 3.05) is 38.2 Å². The fourth-order valence-electron chi connectivity index (χ4n) is 3.19. The van der Waals surface area contributed by atoms with E-state index < -0.39 is 0 Å². The highest BCUT2D eigenvalue weighted by Gasteiger charge is 2.21. The standard InChI is InChI=1S/C16H25N3O.ClH/c1-18-7-5-6-14(18)13-20-16-10-15(11-17-12-16)19-8-3-2-4-9-19;/h10-12,14H,2-9,13H2,1H3;1H/t14-;/m0./s1. The van der Waals surface area contributed by atoms with Gasteiger partial charge in [-0.2, -0.15) is 0 Å². The summed E-state index contributed by atoms with van der Waals surface area (Å²) >= 11 is 0. The minimum atomic E-state index is 0. The van der Waals surface area contributed by atoms with Crippen LogP contribution in [0.1, 0.15) is 32.1 Å². The molecule has 0 radical (unpaired) electrons. The lowest BCUT2D eigenvalue weighted by molar-refractivity contribution is 0.198. The third kappa shape index (κ3) is 4.24. The van der Waals surface area contributed by atoms with Crippen molar-refractivity contribution in [2.24, 2.45) is 0 Å². The summed E-state index contributed by atoms with van der Waals surface area (Å²) in [6, 6.07) is 2.71. The molecule has 3 rings (SSSR count). The molecule has 0 spiro atoms. The lowest BCUT2D eigenvalue weighted by Gasteiger charge is -2.28. The molecule has 0 amide bonds. The molecule has 2 fully saturated rings. The predicted molar refractivity (Wildman–Crippen MR) is 88.7 cm³/mol. The van der Waals surface area contributed by atoms with Crippen molar-refractivity contribution in [2.45, 2.75) is 38.1 Å². The van der Waals surface area contributed by atoms with Crippen LogP contribution in [0, 0.1) is 0 Å². The normalized spacial score (nSPS) is 22.9. The SMILES string of the molecule is CN1CCC[C@H]1COc1cncc(N2CCCCC2)c1.Cl. The summed E-state index contributed by atoms with van der Waals surface area (Å²) in [5.74, 6) is 0.911. The molecule has 0 unspecified atom stereocenters. The maximum Gasteiger partial charge on any atom is 0.139 e. The van der Waals surface area contributed by atoms with Crippen molar-refractivity contribution in [1.29, 1.82) is 0 Å². The van der Waals surface area contributed by atoms with Crippen LogP contribution in [0.3, 0.4) is 0 Å². The van der Waals surface area contributed by atoms with E-state index in [1.54, 1.807) is 0 Å². The van der Waals surface area contributed by atoms with Gasteiger partial charge in [-0.3, -0.25) is 4.98 Å². The Labute approximate surface area is 133 Å². The monoisotopic (exact) mass is 311 g/mol. The summed E-state index contributed by atoms with van der Waals surface area (Å²) in [5.41, 5.74) is 1.21. The minimum absolute atomic E-state index is 0. The van der Waals surface area contributed by atoms with E-state index in [2.05, 4.69) is 27.9 Å². The number of nitrogens with zero attached hydrogens (tertiary/aromatic N) is 3. The summed E-state index contributed by atoms with van der Waals surface area (Å²) in [7, 11) is 2.18. The number of piperidine rings is 1. The molecule has 1 aromatic rings. The summed E-state index contributed by atoms with van der Waals surface area (Å²) in [6.45, 7) is 4.27. The van der Waals surface area contributed by atoms with Gasteiger partial charge in [0.05, 0.1) is 18.1 Å². The summed E-state index contributed by atoms with van der Waals surface area (Å²) in [6.07, 6.45) is 10.3. The lowest BCUT2D eigenvalue weighted by Crippen LogP contribution is -2.31. The third-order valence-corrected chi connectivity index (χ3v) is 4.53. The molecule has 3 heterocycles. The molecule has 2 aliphatic heterocycles. The maximum atomic E-state index is 5.96. The van der Waals surface area contributed by atoms with Crippen LogP contribution in [0.2, 0.25) is 0 Å². The number of hydrogen-bond acceptors (Lipinski definition) is 4. The molecule has 0 aromatic carbocycles. The van der Waals surface area contributed by atoms with Gasteiger partial charge in [0, 0.05) is 25.2 Å². The lowest BCUT2D eigenvalue weighted by atomic mass is 10.1. The minimum Gasteiger partial charge on any atom is -0.490 e. The molecule has 5 heteroatoms. The van der Waals surface area contributed by atoms with E-state index >= 15 is 0 Å². The highest BCUT2D eigenvalue weighted by atomic mass is 35.5. The average Bonchev–Trinajstić information content (AvgIpc) is 2.92. The van der Waals surface area contributed by atoms with E-state index in [9.17, 15) is 0 Å². The van der Waals surface area contributed by atoms with Crippen molar-refractivity contribution in [1.82, 2.24) is 9.88 Å². The third-order valence-electron chi connectivity index (χ3n) is 4.53. The summed E-state index contributed by atoms with van der Waals surface area (Å²) in [4.78, 5) is 9.16. The highest BCUT2D eigenvalue weighted by molar-refractivity contribution is 5.85. The number of ether oxygens (including phenoxy) is 1. The summed E-state index contributed by atoms with van der Waals surface area (Å²) < 4.78 is 5.96. The van der Waals surface area contributed by atoms with Gasteiger partial charge in [-0.1, -0.05) is 0 Å². The van der Waals surface area contributed by atoms with Crippen LogP contribution in [0.25, 0.3) is 0 Å². The largest absolute Gasteiger partial charge is 0.490 e. The van der Waals surface area contributed by atoms with Gasteiger partial charge in [0.2, 0.25) is 0 Å². The number of likely N-dealkylation sites (N-methyl/N-ethyl adjacent to an activating group) is 1. The zero-order chi connectivity index (χ0) is 13.8. The van der Waals surface area contributed by atoms with Gasteiger partial charge < -0.3 is 14.5 Å². The first-order valence-corrected chi connectivity index (χ1v) is 7.86. The molecule has 0 bridgehead atoms. The molecular formula is C16H26ClN3O. The quantitative estimate of drug-likeness (QED) is 0.855. The molecule has 118 valence electrons.